The molecule has 0 radical (unpaired) electrons. The van der Waals surface area contributed by atoms with Crippen LogP contribution in [0.15, 0.2) is 107 Å². The molecule has 4 aromatic carbocycles. The van der Waals surface area contributed by atoms with Crippen molar-refractivity contribution in [2.45, 2.75) is 46.1 Å². The third-order valence-corrected chi connectivity index (χ3v) is 9.72. The molecule has 0 saturated heterocycles. The predicted octanol–water partition coefficient (Wildman–Crippen LogP) is 7.83. The second-order valence-electron chi connectivity index (χ2n) is 11.1. The van der Waals surface area contributed by atoms with Gasteiger partial charge in [-0.2, -0.15) is 5.10 Å². The summed E-state index contributed by atoms with van der Waals surface area (Å²) < 4.78 is 31.5. The summed E-state index contributed by atoms with van der Waals surface area (Å²) in [6.45, 7) is 10.1. The Kier molecular flexibility index (Phi) is 9.27. The smallest absolute Gasteiger partial charge is 0.273 e. The van der Waals surface area contributed by atoms with Crippen LogP contribution >= 0.6 is 11.6 Å². The maximum absolute atomic E-state index is 14.1. The first-order valence-electron chi connectivity index (χ1n) is 14.5. The van der Waals surface area contributed by atoms with Crippen LogP contribution in [-0.2, 0) is 16.6 Å². The minimum Gasteiger partial charge on any atom is -0.318 e. The molecule has 1 amide bonds. The normalized spacial score (nSPS) is 11.6. The van der Waals surface area contributed by atoms with Crippen molar-refractivity contribution in [1.29, 1.82) is 0 Å². The standard InChI is InChI=1S/C36H35ClN4O3S/c1-24-10-17-32(18-11-24)45(43,44)40(23-29-13-15-31(37)16-14-29)35-9-7-6-8-33(35)36(42)39-38-22-30-21-27(4)41(28(30)5)34-19-12-25(2)20-26(34)3/h6-22H,23H2,1-5H3,(H,39,42)/b38-22-. The Hall–Kier alpha value is -4.66. The van der Waals surface area contributed by atoms with E-state index in [0.29, 0.717) is 10.6 Å². The summed E-state index contributed by atoms with van der Waals surface area (Å²) in [5.41, 5.74) is 11.0. The lowest BCUT2D eigenvalue weighted by atomic mass is 10.1. The molecular formula is C36H35ClN4O3S. The number of carbonyl (C=O) groups excluding carboxylic acids is 1. The molecule has 0 unspecified atom stereocenters. The molecule has 5 rings (SSSR count). The number of amides is 1. The SMILES string of the molecule is Cc1ccc(S(=O)(=O)N(Cc2ccc(Cl)cc2)c2ccccc2C(=O)N/N=C\c2cc(C)n(-c3ccc(C)cc3C)c2C)cc1. The number of hydrazone groups is 1. The fraction of sp³-hybridized carbons (Fsp3) is 0.167. The van der Waals surface area contributed by atoms with E-state index < -0.39 is 15.9 Å². The van der Waals surface area contributed by atoms with Gasteiger partial charge in [-0.05, 0) is 94.3 Å². The monoisotopic (exact) mass is 638 g/mol. The molecule has 0 aliphatic carbocycles. The summed E-state index contributed by atoms with van der Waals surface area (Å²) in [7, 11) is -4.06. The highest BCUT2D eigenvalue weighted by molar-refractivity contribution is 7.92. The fourth-order valence-corrected chi connectivity index (χ4v) is 6.94. The van der Waals surface area contributed by atoms with Crippen molar-refractivity contribution < 1.29 is 13.2 Å². The maximum Gasteiger partial charge on any atom is 0.273 e. The number of carbonyl (C=O) groups is 1. The van der Waals surface area contributed by atoms with E-state index in [-0.39, 0.29) is 22.7 Å². The molecule has 9 heteroatoms. The lowest BCUT2D eigenvalue weighted by molar-refractivity contribution is 0.0955. The first-order chi connectivity index (χ1) is 21.5. The fourth-order valence-electron chi connectivity index (χ4n) is 5.34. The van der Waals surface area contributed by atoms with Gasteiger partial charge in [0.2, 0.25) is 0 Å². The Balaban J connectivity index is 1.46. The predicted molar refractivity (Wildman–Crippen MR) is 182 cm³/mol. The Bertz CT molecular complexity index is 2000. The number of para-hydroxylation sites is 1. The molecule has 0 bridgehead atoms. The quantitative estimate of drug-likeness (QED) is 0.132. The van der Waals surface area contributed by atoms with Crippen LogP contribution in [0.1, 0.15) is 49.6 Å². The number of hydrogen-bond acceptors (Lipinski definition) is 4. The highest BCUT2D eigenvalue weighted by Crippen LogP contribution is 2.30. The van der Waals surface area contributed by atoms with Crippen LogP contribution in [0.4, 0.5) is 5.69 Å². The average molecular weight is 639 g/mol. The zero-order chi connectivity index (χ0) is 32.3. The average Bonchev–Trinajstić information content (AvgIpc) is 3.29. The lowest BCUT2D eigenvalue weighted by Gasteiger charge is -2.26. The van der Waals surface area contributed by atoms with Gasteiger partial charge in [0.25, 0.3) is 15.9 Å². The number of benzene rings is 4. The molecule has 0 aliphatic heterocycles. The van der Waals surface area contributed by atoms with Gasteiger partial charge in [0.05, 0.1) is 28.9 Å². The lowest BCUT2D eigenvalue weighted by Crippen LogP contribution is -2.33. The van der Waals surface area contributed by atoms with E-state index in [0.717, 1.165) is 33.8 Å². The summed E-state index contributed by atoms with van der Waals surface area (Å²) in [6.07, 6.45) is 1.61. The number of hydrogen-bond donors (Lipinski definition) is 1. The number of aromatic nitrogens is 1. The van der Waals surface area contributed by atoms with Gasteiger partial charge in [0, 0.05) is 27.7 Å². The van der Waals surface area contributed by atoms with Gasteiger partial charge < -0.3 is 4.57 Å². The van der Waals surface area contributed by atoms with Gasteiger partial charge in [-0.3, -0.25) is 9.10 Å². The summed E-state index contributed by atoms with van der Waals surface area (Å²) in [6, 6.07) is 28.5. The number of sulfonamides is 1. The summed E-state index contributed by atoms with van der Waals surface area (Å²) in [4.78, 5) is 13.7. The van der Waals surface area contributed by atoms with Crippen LogP contribution in [0, 0.1) is 34.6 Å². The third kappa shape index (κ3) is 6.87. The van der Waals surface area contributed by atoms with E-state index in [2.05, 4.69) is 47.1 Å². The zero-order valence-corrected chi connectivity index (χ0v) is 27.4. The van der Waals surface area contributed by atoms with Gasteiger partial charge in [-0.15, -0.1) is 0 Å². The number of nitrogens with zero attached hydrogens (tertiary/aromatic N) is 3. The largest absolute Gasteiger partial charge is 0.318 e. The number of halogens is 1. The topological polar surface area (TPSA) is 83.8 Å². The number of aryl methyl sites for hydroxylation is 4. The Morgan fingerprint density at radius 2 is 1.53 bits per heavy atom. The zero-order valence-electron chi connectivity index (χ0n) is 25.9. The molecule has 0 spiro atoms. The van der Waals surface area contributed by atoms with Crippen molar-refractivity contribution in [2.24, 2.45) is 5.10 Å². The van der Waals surface area contributed by atoms with Gasteiger partial charge >= 0.3 is 0 Å². The summed E-state index contributed by atoms with van der Waals surface area (Å²) >= 11 is 6.09. The Morgan fingerprint density at radius 1 is 0.867 bits per heavy atom. The molecule has 0 saturated carbocycles. The Morgan fingerprint density at radius 3 is 2.22 bits per heavy atom. The van der Waals surface area contributed by atoms with Crippen LogP contribution in [0.25, 0.3) is 5.69 Å². The molecule has 0 aliphatic rings. The first kappa shape index (κ1) is 31.8. The maximum atomic E-state index is 14.1. The minimum absolute atomic E-state index is 0.00858. The van der Waals surface area contributed by atoms with Crippen molar-refractivity contribution in [2.75, 3.05) is 4.31 Å². The van der Waals surface area contributed by atoms with Crippen LogP contribution in [-0.4, -0.2) is 25.1 Å². The highest BCUT2D eigenvalue weighted by Gasteiger charge is 2.28. The van der Waals surface area contributed by atoms with Gasteiger partial charge in [0.1, 0.15) is 0 Å². The minimum atomic E-state index is -4.06. The van der Waals surface area contributed by atoms with Crippen LogP contribution in [0.2, 0.25) is 5.02 Å². The van der Waals surface area contributed by atoms with Crippen LogP contribution in [0.5, 0.6) is 0 Å². The van der Waals surface area contributed by atoms with Crippen molar-refractivity contribution >= 4 is 39.4 Å². The van der Waals surface area contributed by atoms with E-state index in [1.807, 2.05) is 26.8 Å². The van der Waals surface area contributed by atoms with Crippen molar-refractivity contribution in [1.82, 2.24) is 9.99 Å². The Labute approximate surface area is 269 Å². The molecule has 1 N–H and O–H groups in total. The third-order valence-electron chi connectivity index (χ3n) is 7.70. The molecule has 0 fully saturated rings. The highest BCUT2D eigenvalue weighted by atomic mass is 35.5. The van der Waals surface area contributed by atoms with Crippen molar-refractivity contribution in [3.63, 3.8) is 0 Å². The van der Waals surface area contributed by atoms with Gasteiger partial charge in [0.15, 0.2) is 0 Å². The molecule has 0 atom stereocenters. The van der Waals surface area contributed by atoms with E-state index in [4.69, 9.17) is 11.6 Å². The second-order valence-corrected chi connectivity index (χ2v) is 13.4. The molecular weight excluding hydrogens is 604 g/mol. The number of nitrogens with one attached hydrogen (secondary N) is 1. The molecule has 45 heavy (non-hydrogen) atoms. The number of anilines is 1. The number of rotatable bonds is 9. The van der Waals surface area contributed by atoms with Gasteiger partial charge in [-0.1, -0.05) is 71.3 Å². The second kappa shape index (κ2) is 13.1. The van der Waals surface area contributed by atoms with Gasteiger partial charge in [-0.25, -0.2) is 13.8 Å². The molecule has 1 heterocycles. The van der Waals surface area contributed by atoms with Crippen LogP contribution in [0.3, 0.4) is 0 Å². The molecule has 5 aromatic rings. The summed E-state index contributed by atoms with van der Waals surface area (Å²) in [5, 5.41) is 4.81. The molecule has 230 valence electrons. The first-order valence-corrected chi connectivity index (χ1v) is 16.3. The van der Waals surface area contributed by atoms with Crippen molar-refractivity contribution in [3.8, 4) is 5.69 Å². The van der Waals surface area contributed by atoms with E-state index in [1.54, 1.807) is 79.0 Å². The van der Waals surface area contributed by atoms with Crippen molar-refractivity contribution in [3.05, 3.63) is 147 Å². The van der Waals surface area contributed by atoms with Crippen LogP contribution < -0.4 is 9.73 Å². The van der Waals surface area contributed by atoms with E-state index in [1.165, 1.54) is 9.87 Å². The molecule has 1 aromatic heterocycles. The summed E-state index contributed by atoms with van der Waals surface area (Å²) in [5.74, 6) is -0.537. The van der Waals surface area contributed by atoms with E-state index >= 15 is 0 Å². The molecule has 7 nitrogen and oxygen atoms in total. The van der Waals surface area contributed by atoms with E-state index in [9.17, 15) is 13.2 Å².